The molecule has 35 heavy (non-hydrogen) atoms. The Labute approximate surface area is 203 Å². The molecule has 1 aliphatic heterocycles. The number of anilines is 1. The fourth-order valence-corrected chi connectivity index (χ4v) is 3.81. The van der Waals surface area contributed by atoms with Crippen LogP contribution in [0.1, 0.15) is 27.2 Å². The Morgan fingerprint density at radius 1 is 1.11 bits per heavy atom. The van der Waals surface area contributed by atoms with Crippen molar-refractivity contribution >= 4 is 23.3 Å². The number of aryl methyl sites for hydroxylation is 2. The molecule has 8 nitrogen and oxygen atoms in total. The third-order valence-corrected chi connectivity index (χ3v) is 5.64. The van der Waals surface area contributed by atoms with Crippen molar-refractivity contribution in [3.05, 3.63) is 83.2 Å². The maximum absolute atomic E-state index is 12.8. The topological polar surface area (TPSA) is 97.8 Å². The van der Waals surface area contributed by atoms with E-state index < -0.39 is 0 Å². The van der Waals surface area contributed by atoms with Gasteiger partial charge in [-0.1, -0.05) is 23.8 Å². The molecular weight excluding hydrogens is 446 g/mol. The molecule has 1 aromatic heterocycles. The number of hydrogen-bond acceptors (Lipinski definition) is 6. The highest BCUT2D eigenvalue weighted by Crippen LogP contribution is 2.33. The van der Waals surface area contributed by atoms with Crippen LogP contribution in [0.3, 0.4) is 0 Å². The van der Waals surface area contributed by atoms with Gasteiger partial charge in [-0.15, -0.1) is 0 Å². The molecule has 180 valence electrons. The molecule has 2 heterocycles. The lowest BCUT2D eigenvalue weighted by Gasteiger charge is -2.29. The minimum atomic E-state index is -0.353. The Balaban J connectivity index is 1.40. The van der Waals surface area contributed by atoms with E-state index in [1.165, 1.54) is 4.90 Å². The van der Waals surface area contributed by atoms with Gasteiger partial charge in [0.2, 0.25) is 5.91 Å². The number of ether oxygens (including phenoxy) is 2. The van der Waals surface area contributed by atoms with Crippen molar-refractivity contribution in [3.63, 3.8) is 0 Å². The molecule has 0 bridgehead atoms. The number of fused-ring (bicyclic) bond motifs is 1. The largest absolute Gasteiger partial charge is 0.485 e. The lowest BCUT2D eigenvalue weighted by atomic mass is 10.1. The summed E-state index contributed by atoms with van der Waals surface area (Å²) in [7, 11) is 0. The van der Waals surface area contributed by atoms with Crippen molar-refractivity contribution < 1.29 is 23.9 Å². The first-order valence-electron chi connectivity index (χ1n) is 11.4. The number of benzene rings is 2. The summed E-state index contributed by atoms with van der Waals surface area (Å²) in [6, 6.07) is 16.2. The van der Waals surface area contributed by atoms with Gasteiger partial charge in [0.05, 0.1) is 5.69 Å². The number of pyridine rings is 1. The number of aromatic nitrogens is 1. The fraction of sp³-hybridized carbons (Fsp3) is 0.259. The van der Waals surface area contributed by atoms with E-state index in [0.717, 1.165) is 16.8 Å². The summed E-state index contributed by atoms with van der Waals surface area (Å²) in [5.74, 6) is 0.179. The highest BCUT2D eigenvalue weighted by molar-refractivity contribution is 6.04. The smallest absolute Gasteiger partial charge is 0.265 e. The number of rotatable bonds is 9. The summed E-state index contributed by atoms with van der Waals surface area (Å²) >= 11 is 0. The van der Waals surface area contributed by atoms with E-state index in [0.29, 0.717) is 35.7 Å². The number of carbonyl (C=O) groups is 3. The molecule has 2 aromatic carbocycles. The molecule has 0 saturated heterocycles. The molecule has 0 fully saturated rings. The van der Waals surface area contributed by atoms with E-state index in [1.807, 2.05) is 50.2 Å². The molecule has 8 heteroatoms. The van der Waals surface area contributed by atoms with Gasteiger partial charge < -0.3 is 14.8 Å². The van der Waals surface area contributed by atoms with Crippen molar-refractivity contribution in [2.45, 2.75) is 20.3 Å². The maximum atomic E-state index is 12.8. The van der Waals surface area contributed by atoms with E-state index in [-0.39, 0.29) is 37.4 Å². The van der Waals surface area contributed by atoms with E-state index >= 15 is 0 Å². The van der Waals surface area contributed by atoms with Crippen LogP contribution in [-0.4, -0.2) is 48.9 Å². The van der Waals surface area contributed by atoms with Crippen LogP contribution in [0.4, 0.5) is 5.69 Å². The number of nitrogens with zero attached hydrogens (tertiary/aromatic N) is 2. The summed E-state index contributed by atoms with van der Waals surface area (Å²) < 4.78 is 11.2. The Bertz CT molecular complexity index is 1240. The molecule has 3 aromatic rings. The molecule has 0 spiro atoms. The standard InChI is InChI=1S/C27H27N3O5/c1-18-6-8-24(19(2)13-18)34-16-23(31)20-7-9-25-22(14-20)30(27(33)17-35-25)15-26(32)29-12-10-21-5-3-4-11-28-21/h3-9,11,13-14H,10,12,15-17H2,1-2H3,(H,29,32). The predicted molar refractivity (Wildman–Crippen MR) is 131 cm³/mol. The number of carbonyl (C=O) groups excluding carboxylic acids is 3. The van der Waals surface area contributed by atoms with Gasteiger partial charge in [-0.05, 0) is 55.8 Å². The highest BCUT2D eigenvalue weighted by atomic mass is 16.5. The van der Waals surface area contributed by atoms with Gasteiger partial charge in [0.1, 0.15) is 18.0 Å². The van der Waals surface area contributed by atoms with Gasteiger partial charge in [-0.25, -0.2) is 0 Å². The van der Waals surface area contributed by atoms with Gasteiger partial charge in [-0.3, -0.25) is 24.3 Å². The zero-order valence-electron chi connectivity index (χ0n) is 19.7. The van der Waals surface area contributed by atoms with Crippen LogP contribution in [0.15, 0.2) is 60.8 Å². The van der Waals surface area contributed by atoms with Crippen LogP contribution in [0.2, 0.25) is 0 Å². The molecule has 0 radical (unpaired) electrons. The second-order valence-corrected chi connectivity index (χ2v) is 8.35. The van der Waals surface area contributed by atoms with Crippen molar-refractivity contribution in [2.75, 3.05) is 31.2 Å². The highest BCUT2D eigenvalue weighted by Gasteiger charge is 2.28. The van der Waals surface area contributed by atoms with Crippen molar-refractivity contribution in [1.29, 1.82) is 0 Å². The molecule has 0 aliphatic carbocycles. The van der Waals surface area contributed by atoms with Crippen LogP contribution in [-0.2, 0) is 16.0 Å². The van der Waals surface area contributed by atoms with Gasteiger partial charge in [0.25, 0.3) is 5.91 Å². The van der Waals surface area contributed by atoms with Crippen LogP contribution in [0, 0.1) is 13.8 Å². The minimum Gasteiger partial charge on any atom is -0.485 e. The average molecular weight is 474 g/mol. The SMILES string of the molecule is Cc1ccc(OCC(=O)c2ccc3c(c2)N(CC(=O)NCCc2ccccn2)C(=O)CO3)c(C)c1. The Morgan fingerprint density at radius 2 is 1.97 bits per heavy atom. The molecule has 0 saturated carbocycles. The molecular formula is C27H27N3O5. The third-order valence-electron chi connectivity index (χ3n) is 5.64. The third kappa shape index (κ3) is 6.03. The summed E-state index contributed by atoms with van der Waals surface area (Å²) in [6.07, 6.45) is 2.28. The van der Waals surface area contributed by atoms with Crippen molar-refractivity contribution in [3.8, 4) is 11.5 Å². The lowest BCUT2D eigenvalue weighted by molar-refractivity contribution is -0.125. The molecule has 0 unspecified atom stereocenters. The number of hydrogen-bond donors (Lipinski definition) is 1. The number of ketones is 1. The quantitative estimate of drug-likeness (QED) is 0.480. The zero-order valence-corrected chi connectivity index (χ0v) is 19.7. The van der Waals surface area contributed by atoms with Crippen LogP contribution >= 0.6 is 0 Å². The Kier molecular flexibility index (Phi) is 7.40. The number of Topliss-reactive ketones (excluding diaryl/α,β-unsaturated/α-hetero) is 1. The first-order valence-corrected chi connectivity index (χ1v) is 11.4. The second kappa shape index (κ2) is 10.8. The molecule has 1 aliphatic rings. The van der Waals surface area contributed by atoms with E-state index in [2.05, 4.69) is 10.3 Å². The van der Waals surface area contributed by atoms with Gasteiger partial charge in [0.15, 0.2) is 19.0 Å². The van der Waals surface area contributed by atoms with Gasteiger partial charge in [-0.2, -0.15) is 0 Å². The van der Waals surface area contributed by atoms with Crippen LogP contribution in [0.5, 0.6) is 11.5 Å². The molecule has 0 atom stereocenters. The first-order chi connectivity index (χ1) is 16.9. The second-order valence-electron chi connectivity index (χ2n) is 8.35. The lowest BCUT2D eigenvalue weighted by Crippen LogP contribution is -2.45. The van der Waals surface area contributed by atoms with E-state index in [4.69, 9.17) is 9.47 Å². The van der Waals surface area contributed by atoms with Crippen molar-refractivity contribution in [1.82, 2.24) is 10.3 Å². The Morgan fingerprint density at radius 3 is 2.74 bits per heavy atom. The number of nitrogens with one attached hydrogen (secondary N) is 1. The normalized spacial score (nSPS) is 12.5. The summed E-state index contributed by atoms with van der Waals surface area (Å²) in [5, 5.41) is 2.81. The average Bonchev–Trinajstić information content (AvgIpc) is 2.85. The summed E-state index contributed by atoms with van der Waals surface area (Å²) in [5.41, 5.74) is 3.68. The summed E-state index contributed by atoms with van der Waals surface area (Å²) in [4.78, 5) is 43.5. The monoisotopic (exact) mass is 473 g/mol. The van der Waals surface area contributed by atoms with E-state index in [9.17, 15) is 14.4 Å². The summed E-state index contributed by atoms with van der Waals surface area (Å²) in [6.45, 7) is 3.82. The fourth-order valence-electron chi connectivity index (χ4n) is 3.81. The number of amides is 2. The van der Waals surface area contributed by atoms with E-state index in [1.54, 1.807) is 24.4 Å². The molecule has 1 N–H and O–H groups in total. The molecule has 4 rings (SSSR count). The maximum Gasteiger partial charge on any atom is 0.265 e. The zero-order chi connectivity index (χ0) is 24.8. The van der Waals surface area contributed by atoms with Crippen LogP contribution in [0.25, 0.3) is 0 Å². The van der Waals surface area contributed by atoms with Gasteiger partial charge in [0, 0.05) is 30.4 Å². The van der Waals surface area contributed by atoms with Crippen LogP contribution < -0.4 is 19.7 Å². The minimum absolute atomic E-state index is 0.147. The van der Waals surface area contributed by atoms with Gasteiger partial charge >= 0.3 is 0 Å². The Hall–Kier alpha value is -4.20. The van der Waals surface area contributed by atoms with Crippen molar-refractivity contribution in [2.24, 2.45) is 0 Å². The molecule has 2 amide bonds. The predicted octanol–water partition coefficient (Wildman–Crippen LogP) is 3.04. The first kappa shape index (κ1) is 23.9.